The van der Waals surface area contributed by atoms with Gasteiger partial charge in [0.15, 0.2) is 11.5 Å². The fourth-order valence-corrected chi connectivity index (χ4v) is 5.39. The minimum atomic E-state index is -0.716. The van der Waals surface area contributed by atoms with E-state index in [4.69, 9.17) is 9.47 Å². The van der Waals surface area contributed by atoms with Crippen molar-refractivity contribution in [1.82, 2.24) is 9.80 Å². The second kappa shape index (κ2) is 15.4. The molecule has 2 aromatic rings. The van der Waals surface area contributed by atoms with Crippen LogP contribution in [0.3, 0.4) is 0 Å². The van der Waals surface area contributed by atoms with Crippen LogP contribution in [0.2, 0.25) is 0 Å². The lowest BCUT2D eigenvalue weighted by Gasteiger charge is -2.23. The third-order valence-corrected chi connectivity index (χ3v) is 7.56. The number of aliphatic carboxylic acids is 1. The van der Waals surface area contributed by atoms with Gasteiger partial charge in [-0.25, -0.2) is 0 Å². The number of benzene rings is 2. The molecule has 0 aliphatic carbocycles. The molecule has 2 aliphatic heterocycles. The molecule has 2 aromatic carbocycles. The largest absolute Gasteiger partial charge is 0.481 e. The van der Waals surface area contributed by atoms with Crippen LogP contribution in [0.4, 0.5) is 0 Å². The monoisotopic (exact) mass is 524 g/mol. The van der Waals surface area contributed by atoms with Crippen LogP contribution in [0, 0.1) is 5.92 Å². The summed E-state index contributed by atoms with van der Waals surface area (Å²) in [6.07, 6.45) is 8.38. The smallest absolute Gasteiger partial charge is 0.308 e. The van der Waals surface area contributed by atoms with Crippen LogP contribution >= 0.6 is 0 Å². The molecule has 1 saturated heterocycles. The molecule has 2 aliphatic rings. The zero-order valence-electron chi connectivity index (χ0n) is 23.2. The Morgan fingerprint density at radius 3 is 2.34 bits per heavy atom. The number of carbonyl (C=O) groups excluding carboxylic acids is 1. The van der Waals surface area contributed by atoms with Gasteiger partial charge in [-0.1, -0.05) is 63.1 Å². The zero-order chi connectivity index (χ0) is 27.3. The van der Waals surface area contributed by atoms with Crippen molar-refractivity contribution >= 4 is 12.4 Å². The van der Waals surface area contributed by atoms with Gasteiger partial charge in [-0.3, -0.25) is 9.59 Å². The van der Waals surface area contributed by atoms with E-state index in [1.807, 2.05) is 48.3 Å². The summed E-state index contributed by atoms with van der Waals surface area (Å²) in [5.74, 6) is 0.282. The fourth-order valence-electron chi connectivity index (χ4n) is 5.39. The van der Waals surface area contributed by atoms with Gasteiger partial charge in [0.1, 0.15) is 0 Å². The highest BCUT2D eigenvalue weighted by molar-refractivity contribution is 5.73. The minimum absolute atomic E-state index is 0.0382. The Morgan fingerprint density at radius 1 is 1.03 bits per heavy atom. The number of aryl methyl sites for hydroxylation is 1. The molecule has 7 nitrogen and oxygen atoms in total. The van der Waals surface area contributed by atoms with E-state index in [9.17, 15) is 14.7 Å². The van der Waals surface area contributed by atoms with E-state index in [-0.39, 0.29) is 18.8 Å². The summed E-state index contributed by atoms with van der Waals surface area (Å²) in [4.78, 5) is 26.6. The maximum Gasteiger partial charge on any atom is 0.308 e. The number of unbranched alkanes of at least 4 members (excludes halogenated alkanes) is 2. The molecule has 1 N–H and O–H groups in total. The van der Waals surface area contributed by atoms with Crippen molar-refractivity contribution in [2.75, 3.05) is 33.5 Å². The molecule has 4 rings (SSSR count). The second-order valence-electron chi connectivity index (χ2n) is 10.3. The van der Waals surface area contributed by atoms with Crippen LogP contribution in [-0.4, -0.2) is 66.8 Å². The molecule has 38 heavy (non-hydrogen) atoms. The number of fused-ring (bicyclic) bond motifs is 1. The van der Waals surface area contributed by atoms with Crippen LogP contribution in [0.5, 0.6) is 11.5 Å². The summed E-state index contributed by atoms with van der Waals surface area (Å²) in [5, 5.41) is 9.96. The summed E-state index contributed by atoms with van der Waals surface area (Å²) in [7, 11) is 2.04. The number of rotatable bonds is 13. The number of carboxylic acids is 1. The van der Waals surface area contributed by atoms with Crippen molar-refractivity contribution in [3.63, 3.8) is 0 Å². The highest BCUT2D eigenvalue weighted by Crippen LogP contribution is 2.42. The highest BCUT2D eigenvalue weighted by Gasteiger charge is 2.44. The molecular formula is C31H44N2O5. The van der Waals surface area contributed by atoms with Gasteiger partial charge in [-0.2, -0.15) is 0 Å². The maximum atomic E-state index is 12.1. The third kappa shape index (κ3) is 8.22. The number of hydrogen-bond acceptors (Lipinski definition) is 5. The van der Waals surface area contributed by atoms with Gasteiger partial charge in [0.2, 0.25) is 13.2 Å². The first-order valence-electron chi connectivity index (χ1n) is 14.0. The Kier molecular flexibility index (Phi) is 11.9. The molecule has 3 atom stereocenters. The Bertz CT molecular complexity index is 991. The quantitative estimate of drug-likeness (QED) is 0.345. The van der Waals surface area contributed by atoms with Crippen molar-refractivity contribution in [2.24, 2.45) is 5.92 Å². The van der Waals surface area contributed by atoms with E-state index >= 15 is 0 Å². The number of ether oxygens (including phenoxy) is 2. The Hall–Kier alpha value is -3.06. The predicted molar refractivity (Wildman–Crippen MR) is 150 cm³/mol. The van der Waals surface area contributed by atoms with Gasteiger partial charge in [0, 0.05) is 31.6 Å². The highest BCUT2D eigenvalue weighted by atomic mass is 16.7. The van der Waals surface area contributed by atoms with Crippen LogP contribution in [0.25, 0.3) is 0 Å². The molecule has 0 radical (unpaired) electrons. The minimum Gasteiger partial charge on any atom is -0.481 e. The Morgan fingerprint density at radius 2 is 1.71 bits per heavy atom. The van der Waals surface area contributed by atoms with Gasteiger partial charge in [-0.15, -0.1) is 0 Å². The molecule has 3 unspecified atom stereocenters. The number of likely N-dealkylation sites (N-methyl/N-ethyl adjacent to an activating group) is 1. The fraction of sp³-hybridized carbons (Fsp3) is 0.548. The van der Waals surface area contributed by atoms with E-state index in [0.717, 1.165) is 82.3 Å². The molecule has 0 spiro atoms. The molecule has 0 bridgehead atoms. The molecular weight excluding hydrogens is 480 g/mol. The van der Waals surface area contributed by atoms with Crippen molar-refractivity contribution in [2.45, 2.75) is 70.8 Å². The van der Waals surface area contributed by atoms with Crippen molar-refractivity contribution in [3.8, 4) is 11.5 Å². The van der Waals surface area contributed by atoms with Gasteiger partial charge in [-0.05, 0) is 62.4 Å². The average Bonchev–Trinajstić information content (AvgIpc) is 3.53. The average molecular weight is 525 g/mol. The summed E-state index contributed by atoms with van der Waals surface area (Å²) in [6, 6.07) is 16.2. The molecule has 0 aromatic heterocycles. The Labute approximate surface area is 227 Å². The van der Waals surface area contributed by atoms with Crippen molar-refractivity contribution in [3.05, 3.63) is 59.7 Å². The van der Waals surface area contributed by atoms with E-state index in [2.05, 4.69) is 30.9 Å². The second-order valence-corrected chi connectivity index (χ2v) is 10.3. The molecule has 2 heterocycles. The normalized spacial score (nSPS) is 20.0. The number of carbonyl (C=O) groups is 2. The summed E-state index contributed by atoms with van der Waals surface area (Å²) >= 11 is 0. The van der Waals surface area contributed by atoms with Crippen LogP contribution in [0.1, 0.15) is 69.4 Å². The molecule has 1 amide bonds. The molecule has 7 heteroatoms. The number of likely N-dealkylation sites (tertiary alicyclic amines) is 1. The first kappa shape index (κ1) is 29.5. The van der Waals surface area contributed by atoms with Gasteiger partial charge < -0.3 is 24.4 Å². The van der Waals surface area contributed by atoms with E-state index in [1.54, 1.807) is 0 Å². The lowest BCUT2D eigenvalue weighted by atomic mass is 9.83. The van der Waals surface area contributed by atoms with Crippen LogP contribution in [0.15, 0.2) is 48.5 Å². The molecule has 0 saturated carbocycles. The lowest BCUT2D eigenvalue weighted by molar-refractivity contribution is -0.143. The number of carboxylic acid groups (broad SMARTS) is 1. The summed E-state index contributed by atoms with van der Waals surface area (Å²) in [5.41, 5.74) is 2.32. The van der Waals surface area contributed by atoms with E-state index in [1.165, 1.54) is 5.56 Å². The first-order chi connectivity index (χ1) is 18.5. The van der Waals surface area contributed by atoms with Crippen LogP contribution < -0.4 is 9.47 Å². The summed E-state index contributed by atoms with van der Waals surface area (Å²) in [6.45, 7) is 7.12. The maximum absolute atomic E-state index is 12.1. The van der Waals surface area contributed by atoms with Gasteiger partial charge in [0.05, 0.1) is 5.92 Å². The van der Waals surface area contributed by atoms with E-state index < -0.39 is 11.9 Å². The van der Waals surface area contributed by atoms with Crippen molar-refractivity contribution < 1.29 is 24.2 Å². The van der Waals surface area contributed by atoms with Crippen molar-refractivity contribution in [1.29, 1.82) is 0 Å². The first-order valence-corrected chi connectivity index (χ1v) is 14.0. The lowest BCUT2D eigenvalue weighted by Crippen LogP contribution is -2.33. The third-order valence-electron chi connectivity index (χ3n) is 7.56. The Balaban J connectivity index is 0.000000310. The van der Waals surface area contributed by atoms with Gasteiger partial charge >= 0.3 is 5.97 Å². The number of amides is 1. The number of nitrogens with zero attached hydrogens (tertiary/aromatic N) is 2. The molecule has 1 fully saturated rings. The van der Waals surface area contributed by atoms with E-state index in [0.29, 0.717) is 5.75 Å². The number of hydrogen-bond donors (Lipinski definition) is 1. The van der Waals surface area contributed by atoms with Gasteiger partial charge in [0.25, 0.3) is 0 Å². The van der Waals surface area contributed by atoms with Crippen LogP contribution in [-0.2, 0) is 16.0 Å². The topological polar surface area (TPSA) is 79.3 Å². The zero-order valence-corrected chi connectivity index (χ0v) is 23.2. The SMILES string of the molecule is CCCCN(C=O)CCCC.CN1CC(c2ccc3c(c2)OCO3)C(C(=O)O)C1CCCc1ccccc1. The summed E-state index contributed by atoms with van der Waals surface area (Å²) < 4.78 is 10.9. The molecule has 208 valence electrons. The standard InChI is InChI=1S/C22H25NO4.C9H19NO/c1-23-13-17(16-10-11-19-20(12-16)27-14-26-19)21(22(24)25)18(23)9-5-8-15-6-3-2-4-7-15;1-3-5-7-10(9-11)8-6-4-2/h2-4,6-7,10-12,17-18,21H,5,8-9,13-14H2,1H3,(H,24,25);9H,3-8H2,1-2H3. The predicted octanol–water partition coefficient (Wildman–Crippen LogP) is 5.58.